The van der Waals surface area contributed by atoms with Crippen LogP contribution in [0.4, 0.5) is 5.00 Å². The van der Waals surface area contributed by atoms with Gasteiger partial charge in [0.1, 0.15) is 5.00 Å². The Hall–Kier alpha value is -1.36. The van der Waals surface area contributed by atoms with E-state index in [1.807, 2.05) is 27.7 Å². The summed E-state index contributed by atoms with van der Waals surface area (Å²) in [6, 6.07) is 0.0773. The molecule has 0 aromatic carbocycles. The number of carbonyl (C=O) groups excluding carboxylic acids is 2. The number of carbonyl (C=O) groups is 2. The summed E-state index contributed by atoms with van der Waals surface area (Å²) in [7, 11) is 0. The highest BCUT2D eigenvalue weighted by Crippen LogP contribution is 2.36. The van der Waals surface area contributed by atoms with E-state index in [1.165, 1.54) is 49.0 Å². The van der Waals surface area contributed by atoms with E-state index in [4.69, 9.17) is 0 Å². The van der Waals surface area contributed by atoms with Crippen LogP contribution in [-0.4, -0.2) is 17.9 Å². The molecule has 0 bridgehead atoms. The van der Waals surface area contributed by atoms with Gasteiger partial charge in [-0.05, 0) is 51.0 Å². The molecule has 1 heterocycles. The summed E-state index contributed by atoms with van der Waals surface area (Å²) in [5.74, 6) is 0.263. The van der Waals surface area contributed by atoms with E-state index in [0.717, 1.165) is 36.2 Å². The summed E-state index contributed by atoms with van der Waals surface area (Å²) in [4.78, 5) is 26.8. The summed E-state index contributed by atoms with van der Waals surface area (Å²) < 4.78 is 0. The van der Waals surface area contributed by atoms with Gasteiger partial charge in [0.2, 0.25) is 5.91 Å². The lowest BCUT2D eigenvalue weighted by Gasteiger charge is -2.13. The van der Waals surface area contributed by atoms with Crippen LogP contribution in [0.1, 0.15) is 106 Å². The number of fused-ring (bicyclic) bond motifs is 1. The number of hydrogen-bond acceptors (Lipinski definition) is 3. The highest BCUT2D eigenvalue weighted by Gasteiger charge is 2.25. The number of anilines is 1. The van der Waals surface area contributed by atoms with E-state index in [2.05, 4.69) is 10.6 Å². The Kier molecular flexibility index (Phi) is 9.49. The van der Waals surface area contributed by atoms with E-state index >= 15 is 0 Å². The van der Waals surface area contributed by atoms with Gasteiger partial charge in [-0.25, -0.2) is 0 Å². The molecule has 4 nitrogen and oxygen atoms in total. The van der Waals surface area contributed by atoms with Crippen molar-refractivity contribution in [3.63, 3.8) is 0 Å². The molecule has 0 spiro atoms. The summed E-state index contributed by atoms with van der Waals surface area (Å²) in [5.41, 5.74) is 1.91. The van der Waals surface area contributed by atoms with E-state index in [1.54, 1.807) is 11.3 Å². The molecule has 0 aliphatic heterocycles. The average Bonchev–Trinajstić information content (AvgIpc) is 2.90. The van der Waals surface area contributed by atoms with Crippen LogP contribution in [0.5, 0.6) is 0 Å². The molecule has 0 saturated heterocycles. The first-order valence-corrected chi connectivity index (χ1v) is 11.9. The first-order valence-electron chi connectivity index (χ1n) is 11.1. The van der Waals surface area contributed by atoms with Crippen LogP contribution < -0.4 is 10.6 Å². The normalized spacial score (nSPS) is 16.2. The van der Waals surface area contributed by atoms with Crippen LogP contribution in [0, 0.1) is 5.92 Å². The molecule has 158 valence electrons. The molecule has 2 rings (SSSR count). The van der Waals surface area contributed by atoms with E-state index in [0.29, 0.717) is 12.3 Å². The molecule has 5 heteroatoms. The molecule has 1 aromatic heterocycles. The van der Waals surface area contributed by atoms with Gasteiger partial charge < -0.3 is 10.6 Å². The number of rotatable bonds is 5. The van der Waals surface area contributed by atoms with Crippen molar-refractivity contribution in [1.29, 1.82) is 0 Å². The monoisotopic (exact) mass is 406 g/mol. The Morgan fingerprint density at radius 2 is 1.46 bits per heavy atom. The molecule has 0 fully saturated rings. The van der Waals surface area contributed by atoms with Crippen molar-refractivity contribution >= 4 is 28.2 Å². The van der Waals surface area contributed by atoms with Crippen molar-refractivity contribution < 1.29 is 9.59 Å². The Labute approximate surface area is 174 Å². The smallest absolute Gasteiger partial charge is 0.254 e. The first kappa shape index (κ1) is 22.9. The predicted molar refractivity (Wildman–Crippen MR) is 119 cm³/mol. The second-order valence-electron chi connectivity index (χ2n) is 8.81. The van der Waals surface area contributed by atoms with Crippen LogP contribution in [0.15, 0.2) is 0 Å². The minimum Gasteiger partial charge on any atom is -0.350 e. The highest BCUT2D eigenvalue weighted by atomic mass is 32.1. The van der Waals surface area contributed by atoms with Gasteiger partial charge in [0.15, 0.2) is 0 Å². The largest absolute Gasteiger partial charge is 0.350 e. The number of aryl methyl sites for hydroxylation is 1. The zero-order chi connectivity index (χ0) is 20.5. The van der Waals surface area contributed by atoms with Gasteiger partial charge >= 0.3 is 0 Å². The van der Waals surface area contributed by atoms with Crippen molar-refractivity contribution in [2.75, 3.05) is 5.32 Å². The van der Waals surface area contributed by atoms with Crippen LogP contribution >= 0.6 is 11.3 Å². The van der Waals surface area contributed by atoms with Crippen molar-refractivity contribution in [3.8, 4) is 0 Å². The Morgan fingerprint density at radius 3 is 2.04 bits per heavy atom. The lowest BCUT2D eigenvalue weighted by molar-refractivity contribution is -0.116. The molecule has 1 aliphatic carbocycles. The van der Waals surface area contributed by atoms with Crippen LogP contribution in [0.2, 0.25) is 0 Å². The molecular formula is C23H38N2O2S. The Morgan fingerprint density at radius 1 is 0.893 bits per heavy atom. The van der Waals surface area contributed by atoms with Gasteiger partial charge in [0.25, 0.3) is 5.91 Å². The number of amides is 2. The molecule has 0 saturated carbocycles. The Bertz CT molecular complexity index is 649. The van der Waals surface area contributed by atoms with Gasteiger partial charge in [-0.1, -0.05) is 52.4 Å². The molecule has 1 aliphatic rings. The summed E-state index contributed by atoms with van der Waals surface area (Å²) in [5, 5.41) is 6.87. The second-order valence-corrected chi connectivity index (χ2v) is 9.92. The number of hydrogen-bond donors (Lipinski definition) is 2. The second kappa shape index (κ2) is 11.6. The van der Waals surface area contributed by atoms with Crippen molar-refractivity contribution in [3.05, 3.63) is 16.0 Å². The maximum absolute atomic E-state index is 13.0. The predicted octanol–water partition coefficient (Wildman–Crippen LogP) is 6.09. The molecule has 2 N–H and O–H groups in total. The Balaban J connectivity index is 2.34. The zero-order valence-corrected chi connectivity index (χ0v) is 19.0. The third-order valence-electron chi connectivity index (χ3n) is 5.16. The fourth-order valence-electron chi connectivity index (χ4n) is 3.84. The molecule has 2 amide bonds. The molecule has 0 unspecified atom stereocenters. The van der Waals surface area contributed by atoms with Crippen molar-refractivity contribution in [1.82, 2.24) is 5.32 Å². The van der Waals surface area contributed by atoms with Gasteiger partial charge in [0, 0.05) is 17.3 Å². The van der Waals surface area contributed by atoms with E-state index in [-0.39, 0.29) is 17.9 Å². The lowest BCUT2D eigenvalue weighted by atomic mass is 9.97. The minimum atomic E-state index is -0.0422. The molecule has 0 radical (unpaired) electrons. The van der Waals surface area contributed by atoms with Gasteiger partial charge in [-0.3, -0.25) is 9.59 Å². The van der Waals surface area contributed by atoms with Crippen LogP contribution in [-0.2, 0) is 17.6 Å². The van der Waals surface area contributed by atoms with Crippen molar-refractivity contribution in [2.45, 2.75) is 104 Å². The maximum atomic E-state index is 13.0. The highest BCUT2D eigenvalue weighted by molar-refractivity contribution is 7.17. The van der Waals surface area contributed by atoms with Crippen molar-refractivity contribution in [2.24, 2.45) is 5.92 Å². The standard InChI is InChI=1S/C23H38N2O2S/c1-16(2)15-20(26)25-23-21(22(27)24-17(3)4)18-13-11-9-7-5-6-8-10-12-14-19(18)28-23/h16-17H,5-15H2,1-4H3,(H,24,27)(H,25,26). The minimum absolute atomic E-state index is 0.00543. The molecular weight excluding hydrogens is 368 g/mol. The topological polar surface area (TPSA) is 58.2 Å². The summed E-state index contributed by atoms with van der Waals surface area (Å²) >= 11 is 1.63. The molecule has 1 aromatic rings. The van der Waals surface area contributed by atoms with Gasteiger partial charge in [-0.15, -0.1) is 11.3 Å². The fraction of sp³-hybridized carbons (Fsp3) is 0.739. The molecule has 28 heavy (non-hydrogen) atoms. The van der Waals surface area contributed by atoms with Gasteiger partial charge in [-0.2, -0.15) is 0 Å². The maximum Gasteiger partial charge on any atom is 0.254 e. The van der Waals surface area contributed by atoms with E-state index < -0.39 is 0 Å². The SMILES string of the molecule is CC(C)CC(=O)Nc1sc2c(c1C(=O)NC(C)C)CCCCCCCCCC2. The molecule has 0 atom stereocenters. The van der Waals surface area contributed by atoms with Gasteiger partial charge in [0.05, 0.1) is 5.56 Å². The fourth-order valence-corrected chi connectivity index (χ4v) is 5.14. The number of thiophene rings is 1. The average molecular weight is 407 g/mol. The zero-order valence-electron chi connectivity index (χ0n) is 18.2. The van der Waals surface area contributed by atoms with E-state index in [9.17, 15) is 9.59 Å². The number of nitrogens with one attached hydrogen (secondary N) is 2. The lowest BCUT2D eigenvalue weighted by Crippen LogP contribution is -2.31. The summed E-state index contributed by atoms with van der Waals surface area (Å²) in [6.45, 7) is 8.04. The third kappa shape index (κ3) is 7.23. The quantitative estimate of drug-likeness (QED) is 0.621. The summed E-state index contributed by atoms with van der Waals surface area (Å²) in [6.07, 6.45) is 12.4. The first-order chi connectivity index (χ1) is 13.4. The van der Waals surface area contributed by atoms with Crippen LogP contribution in [0.3, 0.4) is 0 Å². The third-order valence-corrected chi connectivity index (χ3v) is 6.37. The van der Waals surface area contributed by atoms with Crippen LogP contribution in [0.25, 0.3) is 0 Å².